The van der Waals surface area contributed by atoms with Crippen LogP contribution in [0.2, 0.25) is 0 Å². The van der Waals surface area contributed by atoms with E-state index in [1.54, 1.807) is 6.07 Å². The smallest absolute Gasteiger partial charge is 0.274 e. The van der Waals surface area contributed by atoms with Crippen molar-refractivity contribution in [1.29, 1.82) is 0 Å². The molecule has 1 aromatic rings. The van der Waals surface area contributed by atoms with Gasteiger partial charge in [-0.25, -0.2) is 4.98 Å². The van der Waals surface area contributed by atoms with E-state index in [9.17, 15) is 9.90 Å². The number of nitrogens with zero attached hydrogens (tertiary/aromatic N) is 1. The molecule has 5 nitrogen and oxygen atoms in total. The van der Waals surface area contributed by atoms with Crippen LogP contribution >= 0.6 is 0 Å². The van der Waals surface area contributed by atoms with Crippen LogP contribution in [-0.2, 0) is 0 Å². The Bertz CT molecular complexity index is 408. The molecule has 0 aliphatic carbocycles. The van der Waals surface area contributed by atoms with Gasteiger partial charge in [0, 0.05) is 18.3 Å². The molecule has 2 rings (SSSR count). The van der Waals surface area contributed by atoms with Crippen LogP contribution in [0.15, 0.2) is 18.3 Å². The number of rotatable bonds is 2. The number of aromatic hydroxyl groups is 1. The van der Waals surface area contributed by atoms with Crippen LogP contribution in [0.1, 0.15) is 30.3 Å². The van der Waals surface area contributed by atoms with Crippen LogP contribution in [0.25, 0.3) is 0 Å². The molecule has 92 valence electrons. The van der Waals surface area contributed by atoms with Crippen molar-refractivity contribution in [3.05, 3.63) is 24.0 Å². The molecule has 17 heavy (non-hydrogen) atoms. The van der Waals surface area contributed by atoms with Gasteiger partial charge in [0.25, 0.3) is 5.91 Å². The number of carbonyl (C=O) groups is 1. The summed E-state index contributed by atoms with van der Waals surface area (Å²) in [6, 6.07) is 3.40. The first-order chi connectivity index (χ1) is 8.18. The number of hydrogen-bond donors (Lipinski definition) is 3. The predicted molar refractivity (Wildman–Crippen MR) is 63.9 cm³/mol. The average Bonchev–Trinajstić information content (AvgIpc) is 2.32. The van der Waals surface area contributed by atoms with Crippen LogP contribution in [0, 0.1) is 0 Å². The van der Waals surface area contributed by atoms with Gasteiger partial charge in [0.2, 0.25) is 0 Å². The van der Waals surface area contributed by atoms with Gasteiger partial charge in [0.15, 0.2) is 5.69 Å². The average molecular weight is 235 g/mol. The van der Waals surface area contributed by atoms with Crippen molar-refractivity contribution in [2.45, 2.75) is 31.8 Å². The van der Waals surface area contributed by atoms with Gasteiger partial charge in [-0.1, -0.05) is 0 Å². The molecule has 2 atom stereocenters. The topological polar surface area (TPSA) is 74.2 Å². The van der Waals surface area contributed by atoms with Crippen molar-refractivity contribution < 1.29 is 9.90 Å². The summed E-state index contributed by atoms with van der Waals surface area (Å²) in [6.45, 7) is 3.03. The molecule has 1 aromatic heterocycles. The molecule has 0 bridgehead atoms. The fourth-order valence-corrected chi connectivity index (χ4v) is 2.05. The minimum Gasteiger partial charge on any atom is -0.505 e. The summed E-state index contributed by atoms with van der Waals surface area (Å²) >= 11 is 0. The van der Waals surface area contributed by atoms with E-state index >= 15 is 0 Å². The van der Waals surface area contributed by atoms with Crippen molar-refractivity contribution in [1.82, 2.24) is 15.6 Å². The third-order valence-corrected chi connectivity index (χ3v) is 3.08. The van der Waals surface area contributed by atoms with Crippen molar-refractivity contribution in [2.24, 2.45) is 0 Å². The molecule has 1 fully saturated rings. The van der Waals surface area contributed by atoms with Gasteiger partial charge in [0.05, 0.1) is 0 Å². The van der Waals surface area contributed by atoms with Crippen LogP contribution in [0.4, 0.5) is 0 Å². The number of pyridine rings is 1. The van der Waals surface area contributed by atoms with Crippen molar-refractivity contribution in [3.8, 4) is 5.75 Å². The molecular weight excluding hydrogens is 218 g/mol. The second kappa shape index (κ2) is 5.14. The molecule has 0 aromatic carbocycles. The normalized spacial score (nSPS) is 24.3. The Morgan fingerprint density at radius 1 is 1.65 bits per heavy atom. The van der Waals surface area contributed by atoms with Crippen molar-refractivity contribution in [3.63, 3.8) is 0 Å². The zero-order valence-electron chi connectivity index (χ0n) is 9.81. The highest BCUT2D eigenvalue weighted by atomic mass is 16.3. The predicted octanol–water partition coefficient (Wildman–Crippen LogP) is 0.657. The van der Waals surface area contributed by atoms with E-state index in [1.165, 1.54) is 12.3 Å². The maximum Gasteiger partial charge on any atom is 0.274 e. The minimum absolute atomic E-state index is 0.0820. The summed E-state index contributed by atoms with van der Waals surface area (Å²) < 4.78 is 0. The molecule has 5 heteroatoms. The van der Waals surface area contributed by atoms with Gasteiger partial charge in [-0.15, -0.1) is 0 Å². The molecular formula is C12H17N3O2. The largest absolute Gasteiger partial charge is 0.505 e. The minimum atomic E-state index is -0.316. The van der Waals surface area contributed by atoms with E-state index < -0.39 is 0 Å². The third-order valence-electron chi connectivity index (χ3n) is 3.08. The Kier molecular flexibility index (Phi) is 3.58. The highest BCUT2D eigenvalue weighted by molar-refractivity contribution is 5.94. The van der Waals surface area contributed by atoms with Crippen LogP contribution in [0.3, 0.4) is 0 Å². The first-order valence-corrected chi connectivity index (χ1v) is 5.86. The van der Waals surface area contributed by atoms with E-state index in [0.29, 0.717) is 0 Å². The lowest BCUT2D eigenvalue weighted by Crippen LogP contribution is -2.52. The summed E-state index contributed by atoms with van der Waals surface area (Å²) in [5.41, 5.74) is 0.0882. The van der Waals surface area contributed by atoms with Gasteiger partial charge in [-0.3, -0.25) is 4.79 Å². The summed E-state index contributed by atoms with van der Waals surface area (Å²) in [6.07, 6.45) is 3.49. The second-order valence-corrected chi connectivity index (χ2v) is 4.34. The van der Waals surface area contributed by atoms with Crippen molar-refractivity contribution >= 4 is 5.91 Å². The number of hydrogen-bond acceptors (Lipinski definition) is 4. The Hall–Kier alpha value is -1.62. The van der Waals surface area contributed by atoms with Crippen LogP contribution in [-0.4, -0.2) is 34.6 Å². The van der Waals surface area contributed by atoms with E-state index in [-0.39, 0.29) is 29.4 Å². The lowest BCUT2D eigenvalue weighted by atomic mass is 10.00. The number of carbonyl (C=O) groups excluding carboxylic acids is 1. The molecule has 1 aliphatic rings. The Morgan fingerprint density at radius 3 is 3.18 bits per heavy atom. The number of piperidine rings is 1. The number of aromatic nitrogens is 1. The van der Waals surface area contributed by atoms with E-state index in [2.05, 4.69) is 15.6 Å². The highest BCUT2D eigenvalue weighted by Gasteiger charge is 2.24. The molecule has 0 radical (unpaired) electrons. The molecule has 1 aliphatic heterocycles. The van der Waals surface area contributed by atoms with E-state index in [4.69, 9.17) is 0 Å². The SMILES string of the molecule is CC1NCCCC1NC(=O)c1ncccc1O. The maximum absolute atomic E-state index is 11.9. The molecule has 0 spiro atoms. The van der Waals surface area contributed by atoms with Gasteiger partial charge in [-0.2, -0.15) is 0 Å². The monoisotopic (exact) mass is 235 g/mol. The Morgan fingerprint density at radius 2 is 2.47 bits per heavy atom. The molecule has 1 saturated heterocycles. The molecule has 2 unspecified atom stereocenters. The summed E-state index contributed by atoms with van der Waals surface area (Å²) in [5.74, 6) is -0.398. The van der Waals surface area contributed by atoms with Crippen molar-refractivity contribution in [2.75, 3.05) is 6.54 Å². The standard InChI is InChI=1S/C12H17N3O2/c1-8-9(4-2-6-13-8)15-12(17)11-10(16)5-3-7-14-11/h3,5,7-9,13,16H,2,4,6H2,1H3,(H,15,17). The van der Waals surface area contributed by atoms with Gasteiger partial charge in [-0.05, 0) is 38.4 Å². The zero-order chi connectivity index (χ0) is 12.3. The first-order valence-electron chi connectivity index (χ1n) is 5.86. The summed E-state index contributed by atoms with van der Waals surface area (Å²) in [4.78, 5) is 15.8. The summed E-state index contributed by atoms with van der Waals surface area (Å²) in [7, 11) is 0. The Labute approximate surface area is 100 Å². The first kappa shape index (κ1) is 11.9. The maximum atomic E-state index is 11.9. The fourth-order valence-electron chi connectivity index (χ4n) is 2.05. The molecule has 2 heterocycles. The molecule has 0 saturated carbocycles. The van der Waals surface area contributed by atoms with Gasteiger partial charge in [0.1, 0.15) is 5.75 Å². The zero-order valence-corrected chi connectivity index (χ0v) is 9.81. The van der Waals surface area contributed by atoms with E-state index in [1.807, 2.05) is 6.92 Å². The lowest BCUT2D eigenvalue weighted by Gasteiger charge is -2.30. The summed E-state index contributed by atoms with van der Waals surface area (Å²) in [5, 5.41) is 15.7. The Balaban J connectivity index is 2.04. The number of amides is 1. The lowest BCUT2D eigenvalue weighted by molar-refractivity contribution is 0.0912. The van der Waals surface area contributed by atoms with E-state index in [0.717, 1.165) is 19.4 Å². The van der Waals surface area contributed by atoms with Gasteiger partial charge < -0.3 is 15.7 Å². The fraction of sp³-hybridized carbons (Fsp3) is 0.500. The number of nitrogens with one attached hydrogen (secondary N) is 2. The van der Waals surface area contributed by atoms with Gasteiger partial charge >= 0.3 is 0 Å². The quantitative estimate of drug-likeness (QED) is 0.704. The third kappa shape index (κ3) is 2.74. The molecule has 1 amide bonds. The van der Waals surface area contributed by atoms with Crippen LogP contribution in [0.5, 0.6) is 5.75 Å². The second-order valence-electron chi connectivity index (χ2n) is 4.34. The van der Waals surface area contributed by atoms with Crippen LogP contribution < -0.4 is 10.6 Å². The highest BCUT2D eigenvalue weighted by Crippen LogP contribution is 2.14. The molecule has 3 N–H and O–H groups in total.